The highest BCUT2D eigenvalue weighted by Gasteiger charge is 2.28. The highest BCUT2D eigenvalue weighted by molar-refractivity contribution is 5.84. The molecule has 4 heteroatoms. The van der Waals surface area contributed by atoms with Gasteiger partial charge in [0.05, 0.1) is 6.10 Å². The van der Waals surface area contributed by atoms with Gasteiger partial charge in [0.1, 0.15) is 11.8 Å². The monoisotopic (exact) mass is 348 g/mol. The molecule has 2 aromatic carbocycles. The standard InChI is InChI=1S/C22H24N2O2/c1-16(2)26-20-13-9-18(10-14-20)6-5-17-7-11-19(12-8-17)24-15-3-4-21(24)22(23)25/h7-14,16,21H,3-4,15H2,1-2H3,(H2,23,25)/t21-/m1/s1. The van der Waals surface area contributed by atoms with Crippen LogP contribution in [0.2, 0.25) is 0 Å². The number of rotatable bonds is 4. The molecule has 0 spiro atoms. The predicted molar refractivity (Wildman–Crippen MR) is 104 cm³/mol. The third kappa shape index (κ3) is 4.37. The summed E-state index contributed by atoms with van der Waals surface area (Å²) >= 11 is 0. The Morgan fingerprint density at radius 2 is 1.65 bits per heavy atom. The molecule has 2 aromatic rings. The molecule has 0 aliphatic carbocycles. The molecule has 1 heterocycles. The molecule has 0 unspecified atom stereocenters. The minimum atomic E-state index is -0.253. The quantitative estimate of drug-likeness (QED) is 0.863. The zero-order chi connectivity index (χ0) is 18.5. The largest absolute Gasteiger partial charge is 0.491 e. The van der Waals surface area contributed by atoms with Gasteiger partial charge in [0.2, 0.25) is 5.91 Å². The summed E-state index contributed by atoms with van der Waals surface area (Å²) in [5.74, 6) is 6.93. The number of nitrogens with two attached hydrogens (primary N) is 1. The van der Waals surface area contributed by atoms with Crippen LogP contribution in [0.15, 0.2) is 48.5 Å². The van der Waals surface area contributed by atoms with Crippen molar-refractivity contribution in [2.24, 2.45) is 5.73 Å². The third-order valence-electron chi connectivity index (χ3n) is 4.36. The van der Waals surface area contributed by atoms with Gasteiger partial charge in [-0.15, -0.1) is 0 Å². The van der Waals surface area contributed by atoms with E-state index < -0.39 is 0 Å². The van der Waals surface area contributed by atoms with E-state index >= 15 is 0 Å². The van der Waals surface area contributed by atoms with Gasteiger partial charge in [-0.2, -0.15) is 0 Å². The van der Waals surface area contributed by atoms with Gasteiger partial charge in [0.15, 0.2) is 0 Å². The zero-order valence-electron chi connectivity index (χ0n) is 15.2. The fourth-order valence-corrected chi connectivity index (χ4v) is 3.14. The lowest BCUT2D eigenvalue weighted by Gasteiger charge is -2.24. The molecule has 1 amide bonds. The van der Waals surface area contributed by atoms with Crippen molar-refractivity contribution < 1.29 is 9.53 Å². The molecule has 0 bridgehead atoms. The number of amides is 1. The molecule has 26 heavy (non-hydrogen) atoms. The summed E-state index contributed by atoms with van der Waals surface area (Å²) in [6.45, 7) is 4.87. The van der Waals surface area contributed by atoms with E-state index in [1.54, 1.807) is 0 Å². The molecular formula is C22H24N2O2. The maximum Gasteiger partial charge on any atom is 0.240 e. The molecule has 1 saturated heterocycles. The van der Waals surface area contributed by atoms with Crippen molar-refractivity contribution >= 4 is 11.6 Å². The van der Waals surface area contributed by atoms with Crippen LogP contribution >= 0.6 is 0 Å². The normalized spacial score (nSPS) is 16.3. The van der Waals surface area contributed by atoms with E-state index in [1.807, 2.05) is 62.4 Å². The van der Waals surface area contributed by atoms with Crippen molar-refractivity contribution in [3.05, 3.63) is 59.7 Å². The minimum Gasteiger partial charge on any atom is -0.491 e. The Bertz CT molecular complexity index is 814. The Morgan fingerprint density at radius 3 is 2.19 bits per heavy atom. The van der Waals surface area contributed by atoms with Gasteiger partial charge < -0.3 is 15.4 Å². The number of ether oxygens (including phenoxy) is 1. The van der Waals surface area contributed by atoms with E-state index in [0.717, 1.165) is 42.0 Å². The number of carbonyl (C=O) groups excluding carboxylic acids is 1. The van der Waals surface area contributed by atoms with Gasteiger partial charge >= 0.3 is 0 Å². The number of carbonyl (C=O) groups is 1. The first-order valence-corrected chi connectivity index (χ1v) is 8.98. The molecular weight excluding hydrogens is 324 g/mol. The molecule has 0 saturated carbocycles. The molecule has 2 N–H and O–H groups in total. The summed E-state index contributed by atoms with van der Waals surface area (Å²) in [5, 5.41) is 0. The summed E-state index contributed by atoms with van der Waals surface area (Å²) in [7, 11) is 0. The first kappa shape index (κ1) is 17.9. The number of hydrogen-bond donors (Lipinski definition) is 1. The van der Waals surface area contributed by atoms with E-state index in [0.29, 0.717) is 0 Å². The van der Waals surface area contributed by atoms with Crippen LogP contribution < -0.4 is 15.4 Å². The Labute approximate surface area is 155 Å². The second-order valence-electron chi connectivity index (χ2n) is 6.74. The van der Waals surface area contributed by atoms with Crippen LogP contribution in [0.3, 0.4) is 0 Å². The second-order valence-corrected chi connectivity index (χ2v) is 6.74. The second kappa shape index (κ2) is 7.97. The first-order valence-electron chi connectivity index (χ1n) is 8.98. The van der Waals surface area contributed by atoms with Crippen LogP contribution in [-0.2, 0) is 4.79 Å². The van der Waals surface area contributed by atoms with Crippen LogP contribution in [0.4, 0.5) is 5.69 Å². The third-order valence-corrected chi connectivity index (χ3v) is 4.36. The first-order chi connectivity index (χ1) is 12.5. The van der Waals surface area contributed by atoms with E-state index in [4.69, 9.17) is 10.5 Å². The van der Waals surface area contributed by atoms with Crippen molar-refractivity contribution in [3.8, 4) is 17.6 Å². The van der Waals surface area contributed by atoms with Crippen LogP contribution in [0.25, 0.3) is 0 Å². The number of primary amides is 1. The van der Waals surface area contributed by atoms with Crippen molar-refractivity contribution in [2.75, 3.05) is 11.4 Å². The summed E-state index contributed by atoms with van der Waals surface area (Å²) in [6.07, 6.45) is 1.98. The highest BCUT2D eigenvalue weighted by Crippen LogP contribution is 2.25. The fraction of sp³-hybridized carbons (Fsp3) is 0.318. The average Bonchev–Trinajstić information content (AvgIpc) is 3.11. The Morgan fingerprint density at radius 1 is 1.08 bits per heavy atom. The molecule has 4 nitrogen and oxygen atoms in total. The number of hydrogen-bond acceptors (Lipinski definition) is 3. The number of nitrogens with zero attached hydrogens (tertiary/aromatic N) is 1. The molecule has 3 rings (SSSR count). The summed E-state index contributed by atoms with van der Waals surface area (Å²) in [5.41, 5.74) is 8.39. The van der Waals surface area contributed by atoms with Gasteiger partial charge in [-0.05, 0) is 75.2 Å². The number of benzene rings is 2. The van der Waals surface area contributed by atoms with E-state index in [9.17, 15) is 4.79 Å². The van der Waals surface area contributed by atoms with Crippen molar-refractivity contribution in [2.45, 2.75) is 38.8 Å². The lowest BCUT2D eigenvalue weighted by Crippen LogP contribution is -2.40. The molecule has 1 aliphatic rings. The Kier molecular flexibility index (Phi) is 5.48. The molecule has 0 aromatic heterocycles. The molecule has 1 atom stereocenters. The van der Waals surface area contributed by atoms with Crippen molar-refractivity contribution in [1.82, 2.24) is 0 Å². The van der Waals surface area contributed by atoms with E-state index in [1.165, 1.54) is 0 Å². The number of anilines is 1. The van der Waals surface area contributed by atoms with Gasteiger partial charge in [0.25, 0.3) is 0 Å². The van der Waals surface area contributed by atoms with Gasteiger partial charge in [-0.1, -0.05) is 11.8 Å². The lowest BCUT2D eigenvalue weighted by atomic mass is 10.1. The molecule has 134 valence electrons. The topological polar surface area (TPSA) is 55.6 Å². The van der Waals surface area contributed by atoms with Crippen LogP contribution in [-0.4, -0.2) is 24.6 Å². The predicted octanol–water partition coefficient (Wildman–Crippen LogP) is 3.33. The smallest absolute Gasteiger partial charge is 0.240 e. The van der Waals surface area contributed by atoms with Crippen molar-refractivity contribution in [3.63, 3.8) is 0 Å². The highest BCUT2D eigenvalue weighted by atomic mass is 16.5. The van der Waals surface area contributed by atoms with Crippen LogP contribution in [0.1, 0.15) is 37.8 Å². The maximum atomic E-state index is 11.5. The SMILES string of the molecule is CC(C)Oc1ccc(C#Cc2ccc(N3CCC[C@@H]3C(N)=O)cc2)cc1. The average molecular weight is 348 g/mol. The van der Waals surface area contributed by atoms with E-state index in [2.05, 4.69) is 16.7 Å². The molecule has 1 fully saturated rings. The summed E-state index contributed by atoms with van der Waals surface area (Å²) in [6, 6.07) is 15.6. The summed E-state index contributed by atoms with van der Waals surface area (Å²) < 4.78 is 5.63. The molecule has 0 radical (unpaired) electrons. The lowest BCUT2D eigenvalue weighted by molar-refractivity contribution is -0.119. The van der Waals surface area contributed by atoms with Crippen LogP contribution in [0, 0.1) is 11.8 Å². The van der Waals surface area contributed by atoms with E-state index in [-0.39, 0.29) is 18.1 Å². The summed E-state index contributed by atoms with van der Waals surface area (Å²) in [4.78, 5) is 13.6. The Hall–Kier alpha value is -2.93. The fourth-order valence-electron chi connectivity index (χ4n) is 3.14. The minimum absolute atomic E-state index is 0.162. The zero-order valence-corrected chi connectivity index (χ0v) is 15.2. The van der Waals surface area contributed by atoms with Crippen molar-refractivity contribution in [1.29, 1.82) is 0 Å². The van der Waals surface area contributed by atoms with Gasteiger partial charge in [-0.3, -0.25) is 4.79 Å². The molecule has 1 aliphatic heterocycles. The van der Waals surface area contributed by atoms with Crippen LogP contribution in [0.5, 0.6) is 5.75 Å². The van der Waals surface area contributed by atoms with Gasteiger partial charge in [0, 0.05) is 23.4 Å². The maximum absolute atomic E-state index is 11.5. The Balaban J connectivity index is 1.68. The van der Waals surface area contributed by atoms with Gasteiger partial charge in [-0.25, -0.2) is 0 Å².